The highest BCUT2D eigenvalue weighted by Crippen LogP contribution is 2.31. The minimum Gasteiger partial charge on any atom is -0.273 e. The second-order valence-electron chi connectivity index (χ2n) is 4.18. The third-order valence-electron chi connectivity index (χ3n) is 2.73. The topological polar surface area (TPSA) is 64.0 Å². The molecule has 1 aromatic carbocycles. The van der Waals surface area contributed by atoms with Gasteiger partial charge in [-0.1, -0.05) is 34.8 Å². The fraction of sp³-hybridized carbons (Fsp3) is 0.250. The van der Waals surface area contributed by atoms with Crippen LogP contribution in [0.15, 0.2) is 29.3 Å². The lowest BCUT2D eigenvalue weighted by atomic mass is 10.4. The van der Waals surface area contributed by atoms with Crippen molar-refractivity contribution in [3.8, 4) is 0 Å². The Morgan fingerprint density at radius 3 is 2.48 bits per heavy atom. The molecular weight excluding hydrogens is 357 g/mol. The Balaban J connectivity index is 2.20. The van der Waals surface area contributed by atoms with Crippen molar-refractivity contribution in [3.05, 3.63) is 45.2 Å². The maximum atomic E-state index is 12.2. The van der Waals surface area contributed by atoms with Crippen LogP contribution in [0.5, 0.6) is 0 Å². The van der Waals surface area contributed by atoms with Crippen LogP contribution in [0.2, 0.25) is 15.1 Å². The van der Waals surface area contributed by atoms with E-state index in [9.17, 15) is 8.42 Å². The van der Waals surface area contributed by atoms with Crippen molar-refractivity contribution in [1.29, 1.82) is 0 Å². The van der Waals surface area contributed by atoms with E-state index in [-0.39, 0.29) is 26.5 Å². The first-order valence-electron chi connectivity index (χ1n) is 6.00. The molecule has 5 nitrogen and oxygen atoms in total. The molecule has 1 heterocycles. The quantitative estimate of drug-likeness (QED) is 0.823. The van der Waals surface area contributed by atoms with Gasteiger partial charge in [0, 0.05) is 12.7 Å². The number of rotatable bonds is 5. The summed E-state index contributed by atoms with van der Waals surface area (Å²) in [6, 6.07) is 4.26. The zero-order valence-electron chi connectivity index (χ0n) is 11.0. The van der Waals surface area contributed by atoms with E-state index in [0.717, 1.165) is 0 Å². The number of hydrogen-bond donors (Lipinski definition) is 1. The Labute approximate surface area is 137 Å². The van der Waals surface area contributed by atoms with Gasteiger partial charge in [-0.25, -0.2) is 13.1 Å². The molecule has 0 fully saturated rings. The van der Waals surface area contributed by atoms with Crippen molar-refractivity contribution in [2.24, 2.45) is 0 Å². The summed E-state index contributed by atoms with van der Waals surface area (Å²) in [5.41, 5.74) is 0.608. The minimum atomic E-state index is -3.80. The molecule has 0 aliphatic heterocycles. The minimum absolute atomic E-state index is 0.0102. The van der Waals surface area contributed by atoms with Gasteiger partial charge in [0.1, 0.15) is 4.90 Å². The van der Waals surface area contributed by atoms with Gasteiger partial charge in [-0.05, 0) is 25.1 Å². The monoisotopic (exact) mass is 367 g/mol. The van der Waals surface area contributed by atoms with Gasteiger partial charge in [0.25, 0.3) is 0 Å². The molecule has 0 aliphatic rings. The highest BCUT2D eigenvalue weighted by atomic mass is 35.5. The first-order valence-corrected chi connectivity index (χ1v) is 8.61. The Morgan fingerprint density at radius 2 is 1.86 bits per heavy atom. The fourth-order valence-corrected chi connectivity index (χ4v) is 3.63. The van der Waals surface area contributed by atoms with Crippen LogP contribution in [-0.2, 0) is 23.1 Å². The first-order chi connectivity index (χ1) is 9.83. The molecule has 0 spiro atoms. The fourth-order valence-electron chi connectivity index (χ4n) is 1.63. The van der Waals surface area contributed by atoms with Crippen molar-refractivity contribution in [2.45, 2.75) is 24.9 Å². The van der Waals surface area contributed by atoms with E-state index in [4.69, 9.17) is 34.8 Å². The Hall–Kier alpha value is -0.790. The molecule has 0 saturated heterocycles. The molecule has 21 heavy (non-hydrogen) atoms. The molecule has 9 heteroatoms. The van der Waals surface area contributed by atoms with Gasteiger partial charge in [0.05, 0.1) is 27.3 Å². The maximum Gasteiger partial charge on any atom is 0.242 e. The predicted molar refractivity (Wildman–Crippen MR) is 83.4 cm³/mol. The molecule has 0 bridgehead atoms. The van der Waals surface area contributed by atoms with Crippen molar-refractivity contribution < 1.29 is 8.42 Å². The molecule has 0 unspecified atom stereocenters. The predicted octanol–water partition coefficient (Wildman–Crippen LogP) is 3.34. The molecule has 2 aromatic rings. The Bertz CT molecular complexity index is 759. The lowest BCUT2D eigenvalue weighted by Crippen LogP contribution is -2.24. The number of aryl methyl sites for hydroxylation is 1. The van der Waals surface area contributed by atoms with Crippen LogP contribution in [-0.4, -0.2) is 18.2 Å². The standard InChI is InChI=1S/C12H12Cl3N3O2S/c1-2-18-4-3-8(17-18)7-16-21(19,20)12-6-10(14)9(13)5-11(12)15/h3-6,16H,2,7H2,1H3. The van der Waals surface area contributed by atoms with Gasteiger partial charge >= 0.3 is 0 Å². The number of benzene rings is 1. The zero-order chi connectivity index (χ0) is 15.6. The van der Waals surface area contributed by atoms with Crippen LogP contribution >= 0.6 is 34.8 Å². The van der Waals surface area contributed by atoms with Gasteiger partial charge in [0.15, 0.2) is 0 Å². The highest BCUT2D eigenvalue weighted by Gasteiger charge is 2.20. The molecule has 1 aromatic heterocycles. The molecule has 0 aliphatic carbocycles. The number of sulfonamides is 1. The number of aromatic nitrogens is 2. The smallest absolute Gasteiger partial charge is 0.242 e. The third-order valence-corrected chi connectivity index (χ3v) is 5.32. The van der Waals surface area contributed by atoms with Crippen LogP contribution in [0.3, 0.4) is 0 Å². The van der Waals surface area contributed by atoms with E-state index in [0.29, 0.717) is 12.2 Å². The second kappa shape index (κ2) is 6.54. The van der Waals surface area contributed by atoms with Gasteiger partial charge < -0.3 is 0 Å². The van der Waals surface area contributed by atoms with E-state index in [2.05, 4.69) is 9.82 Å². The summed E-state index contributed by atoms with van der Waals surface area (Å²) in [6.45, 7) is 2.72. The van der Waals surface area contributed by atoms with E-state index < -0.39 is 10.0 Å². The molecule has 0 amide bonds. The van der Waals surface area contributed by atoms with Crippen LogP contribution in [0.1, 0.15) is 12.6 Å². The maximum absolute atomic E-state index is 12.2. The number of halogens is 3. The van der Waals surface area contributed by atoms with Crippen LogP contribution in [0.25, 0.3) is 0 Å². The summed E-state index contributed by atoms with van der Waals surface area (Å²) in [5.74, 6) is 0. The van der Waals surface area contributed by atoms with Crippen LogP contribution in [0.4, 0.5) is 0 Å². The Morgan fingerprint density at radius 1 is 1.19 bits per heavy atom. The van der Waals surface area contributed by atoms with Gasteiger partial charge in [-0.2, -0.15) is 5.10 Å². The first kappa shape index (κ1) is 16.6. The SMILES string of the molecule is CCn1ccc(CNS(=O)(=O)c2cc(Cl)c(Cl)cc2Cl)n1. The Kier molecular flexibility index (Phi) is 5.16. The summed E-state index contributed by atoms with van der Waals surface area (Å²) < 4.78 is 28.6. The van der Waals surface area contributed by atoms with Crippen molar-refractivity contribution in [2.75, 3.05) is 0 Å². The van der Waals surface area contributed by atoms with Gasteiger partial charge in [0.2, 0.25) is 10.0 Å². The van der Waals surface area contributed by atoms with E-state index >= 15 is 0 Å². The van der Waals surface area contributed by atoms with Crippen molar-refractivity contribution in [3.63, 3.8) is 0 Å². The van der Waals surface area contributed by atoms with E-state index in [1.807, 2.05) is 6.92 Å². The number of hydrogen-bond acceptors (Lipinski definition) is 3. The molecule has 0 radical (unpaired) electrons. The average molecular weight is 369 g/mol. The molecule has 1 N–H and O–H groups in total. The summed E-state index contributed by atoms with van der Waals surface area (Å²) >= 11 is 17.5. The largest absolute Gasteiger partial charge is 0.273 e. The number of nitrogens with zero attached hydrogens (tertiary/aromatic N) is 2. The van der Waals surface area contributed by atoms with Crippen molar-refractivity contribution in [1.82, 2.24) is 14.5 Å². The molecule has 2 rings (SSSR count). The average Bonchev–Trinajstić information content (AvgIpc) is 2.88. The lowest BCUT2D eigenvalue weighted by Gasteiger charge is -2.08. The molecule has 114 valence electrons. The van der Waals surface area contributed by atoms with Crippen molar-refractivity contribution >= 4 is 44.8 Å². The van der Waals surface area contributed by atoms with Crippen LogP contribution in [0, 0.1) is 0 Å². The molecule has 0 atom stereocenters. The van der Waals surface area contributed by atoms with Gasteiger partial charge in [-0.15, -0.1) is 0 Å². The summed E-state index contributed by atoms with van der Waals surface area (Å²) in [5, 5.41) is 4.52. The third kappa shape index (κ3) is 3.90. The number of nitrogens with one attached hydrogen (secondary N) is 1. The lowest BCUT2D eigenvalue weighted by molar-refractivity contribution is 0.578. The summed E-state index contributed by atoms with van der Waals surface area (Å²) in [7, 11) is -3.80. The normalized spacial score (nSPS) is 11.8. The van der Waals surface area contributed by atoms with Crippen LogP contribution < -0.4 is 4.72 Å². The molecule has 0 saturated carbocycles. The van der Waals surface area contributed by atoms with E-state index in [1.165, 1.54) is 12.1 Å². The van der Waals surface area contributed by atoms with Gasteiger partial charge in [-0.3, -0.25) is 4.68 Å². The highest BCUT2D eigenvalue weighted by molar-refractivity contribution is 7.89. The zero-order valence-corrected chi connectivity index (χ0v) is 14.1. The summed E-state index contributed by atoms with van der Waals surface area (Å²) in [4.78, 5) is -0.117. The molecular formula is C12H12Cl3N3O2S. The second-order valence-corrected chi connectivity index (χ2v) is 7.14. The summed E-state index contributed by atoms with van der Waals surface area (Å²) in [6.07, 6.45) is 1.77. The van der Waals surface area contributed by atoms with E-state index in [1.54, 1.807) is 16.9 Å².